The molecule has 120 valence electrons. The summed E-state index contributed by atoms with van der Waals surface area (Å²) in [7, 11) is 0. The summed E-state index contributed by atoms with van der Waals surface area (Å²) in [5, 5.41) is 8.79. The molecule has 22 heavy (non-hydrogen) atoms. The summed E-state index contributed by atoms with van der Waals surface area (Å²) in [5.41, 5.74) is 1.49. The minimum absolute atomic E-state index is 0.0874. The van der Waals surface area contributed by atoms with Crippen molar-refractivity contribution in [2.24, 2.45) is 0 Å². The lowest BCUT2D eigenvalue weighted by Crippen LogP contribution is -2.55. The molecule has 0 spiro atoms. The fourth-order valence-electron chi connectivity index (χ4n) is 2.41. The molecule has 1 fully saturated rings. The van der Waals surface area contributed by atoms with E-state index in [9.17, 15) is 9.59 Å². The second-order valence-electron chi connectivity index (χ2n) is 5.29. The van der Waals surface area contributed by atoms with Crippen molar-refractivity contribution >= 4 is 11.8 Å². The molecule has 0 aliphatic carbocycles. The zero-order valence-electron chi connectivity index (χ0n) is 13.0. The van der Waals surface area contributed by atoms with Crippen molar-refractivity contribution < 1.29 is 14.3 Å². The van der Waals surface area contributed by atoms with Crippen LogP contribution < -0.4 is 16.0 Å². The van der Waals surface area contributed by atoms with Crippen LogP contribution in [0.2, 0.25) is 0 Å². The lowest BCUT2D eigenvalue weighted by Gasteiger charge is -2.29. The number of hydrogen-bond donors (Lipinski definition) is 3. The third-order valence-corrected chi connectivity index (χ3v) is 3.59. The van der Waals surface area contributed by atoms with Gasteiger partial charge in [0.25, 0.3) is 5.91 Å². The van der Waals surface area contributed by atoms with Gasteiger partial charge in [0.1, 0.15) is 6.04 Å². The normalized spacial score (nSPS) is 21.2. The molecule has 1 aromatic rings. The lowest BCUT2D eigenvalue weighted by molar-refractivity contribution is -0.129. The molecule has 1 saturated heterocycles. The Morgan fingerprint density at radius 1 is 1.36 bits per heavy atom. The van der Waals surface area contributed by atoms with Crippen LogP contribution >= 0.6 is 0 Å². The molecule has 3 N–H and O–H groups in total. The third kappa shape index (κ3) is 4.29. The summed E-state index contributed by atoms with van der Waals surface area (Å²) >= 11 is 0. The van der Waals surface area contributed by atoms with Crippen LogP contribution in [0.25, 0.3) is 0 Å². The van der Waals surface area contributed by atoms with Gasteiger partial charge in [0.2, 0.25) is 5.91 Å². The van der Waals surface area contributed by atoms with Crippen LogP contribution in [0.1, 0.15) is 29.8 Å². The van der Waals surface area contributed by atoms with Gasteiger partial charge in [-0.15, -0.1) is 0 Å². The van der Waals surface area contributed by atoms with Crippen LogP contribution in [0.4, 0.5) is 0 Å². The van der Waals surface area contributed by atoms with Crippen LogP contribution in [0.15, 0.2) is 24.3 Å². The Bertz CT molecular complexity index is 533. The van der Waals surface area contributed by atoms with E-state index in [1.807, 2.05) is 26.0 Å². The van der Waals surface area contributed by atoms with Crippen molar-refractivity contribution in [1.82, 2.24) is 16.0 Å². The van der Waals surface area contributed by atoms with Crippen LogP contribution in [0.5, 0.6) is 0 Å². The second kappa shape index (κ2) is 7.91. The van der Waals surface area contributed by atoms with Gasteiger partial charge in [0.05, 0.1) is 12.7 Å². The summed E-state index contributed by atoms with van der Waals surface area (Å²) < 4.78 is 5.46. The maximum atomic E-state index is 12.2. The maximum Gasteiger partial charge on any atom is 0.251 e. The molecule has 2 rings (SSSR count). The van der Waals surface area contributed by atoms with Gasteiger partial charge in [-0.05, 0) is 31.5 Å². The number of nitrogens with one attached hydrogen (secondary N) is 3. The Balaban J connectivity index is 1.92. The molecule has 6 heteroatoms. The third-order valence-electron chi connectivity index (χ3n) is 3.59. The predicted octanol–water partition coefficient (Wildman–Crippen LogP) is 0.429. The van der Waals surface area contributed by atoms with Gasteiger partial charge >= 0.3 is 0 Å². The molecule has 0 aromatic heterocycles. The minimum Gasteiger partial charge on any atom is -0.375 e. The molecule has 0 saturated carbocycles. The van der Waals surface area contributed by atoms with Gasteiger partial charge in [-0.3, -0.25) is 9.59 Å². The van der Waals surface area contributed by atoms with Crippen LogP contribution in [-0.2, 0) is 16.1 Å². The Morgan fingerprint density at radius 3 is 2.91 bits per heavy atom. The van der Waals surface area contributed by atoms with Gasteiger partial charge in [-0.25, -0.2) is 0 Å². The fourth-order valence-corrected chi connectivity index (χ4v) is 2.41. The summed E-state index contributed by atoms with van der Waals surface area (Å²) in [6.45, 7) is 6.03. The van der Waals surface area contributed by atoms with Crippen molar-refractivity contribution in [3.63, 3.8) is 0 Å². The van der Waals surface area contributed by atoms with Crippen molar-refractivity contribution in [1.29, 1.82) is 0 Å². The molecule has 0 unspecified atom stereocenters. The van der Waals surface area contributed by atoms with Crippen molar-refractivity contribution in [2.45, 2.75) is 32.5 Å². The summed E-state index contributed by atoms with van der Waals surface area (Å²) in [6.07, 6.45) is -0.143. The number of rotatable bonds is 5. The monoisotopic (exact) mass is 305 g/mol. The first kappa shape index (κ1) is 16.5. The molecule has 1 aromatic carbocycles. The van der Waals surface area contributed by atoms with E-state index in [0.717, 1.165) is 5.56 Å². The number of amides is 2. The van der Waals surface area contributed by atoms with E-state index in [1.165, 1.54) is 0 Å². The van der Waals surface area contributed by atoms with E-state index in [2.05, 4.69) is 16.0 Å². The first-order valence-corrected chi connectivity index (χ1v) is 7.61. The van der Waals surface area contributed by atoms with Crippen LogP contribution in [-0.4, -0.2) is 43.7 Å². The van der Waals surface area contributed by atoms with E-state index in [-0.39, 0.29) is 24.0 Å². The van der Waals surface area contributed by atoms with Crippen LogP contribution in [0, 0.1) is 0 Å². The molecule has 2 amide bonds. The fraction of sp³-hybridized carbons (Fsp3) is 0.500. The standard InChI is InChI=1S/C16H23N3O3/c1-3-17-15(20)13-6-4-5-12(9-13)10-19-16(21)14-11(2)22-8-7-18-14/h4-6,9,11,14,18H,3,7-8,10H2,1-2H3,(H,17,20)(H,19,21)/t11-,14+/m1/s1. The Morgan fingerprint density at radius 2 is 2.18 bits per heavy atom. The quantitative estimate of drug-likeness (QED) is 0.737. The summed E-state index contributed by atoms with van der Waals surface area (Å²) in [4.78, 5) is 24.0. The smallest absolute Gasteiger partial charge is 0.251 e. The topological polar surface area (TPSA) is 79.5 Å². The van der Waals surface area contributed by atoms with Gasteiger partial charge in [-0.2, -0.15) is 0 Å². The van der Waals surface area contributed by atoms with Crippen molar-refractivity contribution in [3.8, 4) is 0 Å². The lowest BCUT2D eigenvalue weighted by atomic mass is 10.1. The highest BCUT2D eigenvalue weighted by molar-refractivity contribution is 5.94. The number of morpholine rings is 1. The van der Waals surface area contributed by atoms with Gasteiger partial charge in [0.15, 0.2) is 0 Å². The van der Waals surface area contributed by atoms with E-state index in [1.54, 1.807) is 12.1 Å². The highest BCUT2D eigenvalue weighted by Crippen LogP contribution is 2.07. The average molecular weight is 305 g/mol. The molecule has 2 atom stereocenters. The predicted molar refractivity (Wildman–Crippen MR) is 83.5 cm³/mol. The van der Waals surface area contributed by atoms with E-state index < -0.39 is 0 Å². The first-order valence-electron chi connectivity index (χ1n) is 7.61. The Labute approximate surface area is 130 Å². The summed E-state index contributed by atoms with van der Waals surface area (Å²) in [6, 6.07) is 6.92. The molecule has 1 aliphatic rings. The Kier molecular flexibility index (Phi) is 5.91. The number of hydrogen-bond acceptors (Lipinski definition) is 4. The minimum atomic E-state index is -0.333. The second-order valence-corrected chi connectivity index (χ2v) is 5.29. The van der Waals surface area contributed by atoms with Gasteiger partial charge in [-0.1, -0.05) is 12.1 Å². The number of carbonyl (C=O) groups excluding carboxylic acids is 2. The van der Waals surface area contributed by atoms with E-state index >= 15 is 0 Å². The van der Waals surface area contributed by atoms with Gasteiger partial charge < -0.3 is 20.7 Å². The number of benzene rings is 1. The van der Waals surface area contributed by atoms with Crippen LogP contribution in [0.3, 0.4) is 0 Å². The molecule has 6 nitrogen and oxygen atoms in total. The van der Waals surface area contributed by atoms with Crippen molar-refractivity contribution in [2.75, 3.05) is 19.7 Å². The number of ether oxygens (including phenoxy) is 1. The highest BCUT2D eigenvalue weighted by Gasteiger charge is 2.27. The van der Waals surface area contributed by atoms with Gasteiger partial charge in [0, 0.05) is 25.2 Å². The Hall–Kier alpha value is -1.92. The zero-order valence-corrected chi connectivity index (χ0v) is 13.0. The first-order chi connectivity index (χ1) is 10.6. The molecule has 1 heterocycles. The largest absolute Gasteiger partial charge is 0.375 e. The molecular weight excluding hydrogens is 282 g/mol. The van der Waals surface area contributed by atoms with Crippen molar-refractivity contribution in [3.05, 3.63) is 35.4 Å². The molecular formula is C16H23N3O3. The highest BCUT2D eigenvalue weighted by atomic mass is 16.5. The molecule has 0 radical (unpaired) electrons. The van der Waals surface area contributed by atoms with E-state index in [4.69, 9.17) is 4.74 Å². The average Bonchev–Trinajstić information content (AvgIpc) is 2.53. The molecule has 0 bridgehead atoms. The van der Waals surface area contributed by atoms with E-state index in [0.29, 0.717) is 31.8 Å². The summed E-state index contributed by atoms with van der Waals surface area (Å²) in [5.74, 6) is -0.192. The molecule has 1 aliphatic heterocycles. The maximum absolute atomic E-state index is 12.2. The number of carbonyl (C=O) groups is 2. The zero-order chi connectivity index (χ0) is 15.9. The SMILES string of the molecule is CCNC(=O)c1cccc(CNC(=O)[C@H]2NCCO[C@@H]2C)c1.